The standard InChI is InChI=1S/C21H34BNO6.C15H22BrNO4.C10H14BrNO2.C9H9BrO3/c1-19(2,3)27-18(24)23(8)13-15-16(25-9)11-14(12-17(15)26-10)22-28-20(4,5)21(6,7)29-22;1-15(2,3)21-14(18)17(4)9-11-12(19-5)7-10(16)8-13(11)20-6;1-12-6-8-9(13-2)4-7(11)5-10(8)14-3;1-12-8-3-6(10)4-9(13-2)7(8)5-11/h11-12H,13H2,1-10H3;7-8H,9H2,1-6H3;4-5,12H,6H2,1-3H3;3-5H,1-2H3. The van der Waals surface area contributed by atoms with Gasteiger partial charge in [0, 0.05) is 39.6 Å². The molecule has 0 unspecified atom stereocenters. The van der Waals surface area contributed by atoms with E-state index >= 15 is 0 Å². The number of hydrogen-bond acceptors (Lipinski definition) is 16. The van der Waals surface area contributed by atoms with Crippen molar-refractivity contribution in [3.63, 3.8) is 0 Å². The van der Waals surface area contributed by atoms with E-state index in [-0.39, 0.29) is 6.54 Å². The lowest BCUT2D eigenvalue weighted by Crippen LogP contribution is -2.41. The Labute approximate surface area is 481 Å². The SMILES string of the molecule is CNCc1c(OC)cc(Br)cc1OC.COc1cc(B2OC(C)(C)C(C)(C)O2)cc(OC)c1CN(C)C(=O)OC(C)(C)C.COc1cc(Br)cc(OC)c1C=O.COc1cc(Br)cc(OC)c1CN(C)C(=O)OC(C)(C)C. The maximum absolute atomic E-state index is 12.4. The fraction of sp³-hybridized carbons (Fsp3) is 0.509. The molecule has 428 valence electrons. The van der Waals surface area contributed by atoms with Gasteiger partial charge in [-0.25, -0.2) is 9.59 Å². The van der Waals surface area contributed by atoms with Crippen LogP contribution in [-0.2, 0) is 38.4 Å². The Morgan fingerprint density at radius 1 is 0.532 bits per heavy atom. The highest BCUT2D eigenvalue weighted by Gasteiger charge is 2.52. The molecule has 18 nitrogen and oxygen atoms in total. The normalized spacial score (nSPS) is 13.1. The Bertz CT molecular complexity index is 2470. The van der Waals surface area contributed by atoms with Gasteiger partial charge in [0.15, 0.2) is 6.29 Å². The summed E-state index contributed by atoms with van der Waals surface area (Å²) in [6, 6.07) is 14.7. The molecule has 77 heavy (non-hydrogen) atoms. The molecule has 4 aromatic rings. The lowest BCUT2D eigenvalue weighted by Gasteiger charge is -2.32. The molecular weight excluding hydrogens is 1190 g/mol. The predicted octanol–water partition coefficient (Wildman–Crippen LogP) is 11.7. The van der Waals surface area contributed by atoms with Crippen LogP contribution in [0.1, 0.15) is 96.3 Å². The van der Waals surface area contributed by atoms with Crippen LogP contribution in [0.4, 0.5) is 9.59 Å². The lowest BCUT2D eigenvalue weighted by molar-refractivity contribution is 0.00578. The van der Waals surface area contributed by atoms with Crippen LogP contribution < -0.4 is 48.7 Å². The molecule has 1 fully saturated rings. The molecule has 1 heterocycles. The van der Waals surface area contributed by atoms with E-state index in [1.807, 2.05) is 113 Å². The van der Waals surface area contributed by atoms with Gasteiger partial charge in [0.25, 0.3) is 0 Å². The number of methoxy groups -OCH3 is 8. The molecule has 1 aliphatic rings. The molecule has 4 aromatic carbocycles. The second-order valence-corrected chi connectivity index (χ2v) is 22.9. The number of hydrogen-bond donors (Lipinski definition) is 1. The molecule has 1 N–H and O–H groups in total. The van der Waals surface area contributed by atoms with E-state index in [2.05, 4.69) is 53.1 Å². The number of carbonyl (C=O) groups excluding carboxylic acids is 3. The summed E-state index contributed by atoms with van der Waals surface area (Å²) < 4.78 is 68.2. The van der Waals surface area contributed by atoms with Gasteiger partial charge in [-0.15, -0.1) is 0 Å². The number of benzene rings is 4. The summed E-state index contributed by atoms with van der Waals surface area (Å²) in [5.74, 6) is 5.13. The average molecular weight is 1270 g/mol. The van der Waals surface area contributed by atoms with Gasteiger partial charge >= 0.3 is 19.3 Å². The third-order valence-corrected chi connectivity index (χ3v) is 12.9. The van der Waals surface area contributed by atoms with Crippen molar-refractivity contribution in [2.24, 2.45) is 0 Å². The minimum Gasteiger partial charge on any atom is -0.496 e. The zero-order chi connectivity index (χ0) is 58.8. The van der Waals surface area contributed by atoms with Crippen molar-refractivity contribution >= 4 is 78.8 Å². The Balaban J connectivity index is 0.000000371. The molecule has 0 radical (unpaired) electrons. The Kier molecular flexibility index (Phi) is 26.7. The van der Waals surface area contributed by atoms with Crippen LogP contribution in [0, 0.1) is 0 Å². The van der Waals surface area contributed by atoms with E-state index in [1.165, 1.54) is 24.0 Å². The summed E-state index contributed by atoms with van der Waals surface area (Å²) in [5.41, 5.74) is 1.77. The zero-order valence-electron chi connectivity index (χ0n) is 48.5. The molecule has 1 saturated heterocycles. The molecule has 22 heteroatoms. The van der Waals surface area contributed by atoms with Gasteiger partial charge in [0.2, 0.25) is 0 Å². The summed E-state index contributed by atoms with van der Waals surface area (Å²) in [5, 5.41) is 3.08. The largest absolute Gasteiger partial charge is 0.496 e. The molecule has 0 aliphatic carbocycles. The molecular formula is C55H79BBr3N3O15. The van der Waals surface area contributed by atoms with Gasteiger partial charge in [0.05, 0.1) is 97.9 Å². The highest BCUT2D eigenvalue weighted by molar-refractivity contribution is 9.11. The topological polar surface area (TPSA) is 180 Å². The highest BCUT2D eigenvalue weighted by atomic mass is 79.9. The minimum atomic E-state index is -0.569. The first kappa shape index (κ1) is 68.0. The molecule has 0 aromatic heterocycles. The molecule has 2 amide bonds. The van der Waals surface area contributed by atoms with Crippen LogP contribution in [0.5, 0.6) is 46.0 Å². The van der Waals surface area contributed by atoms with Crippen LogP contribution in [0.15, 0.2) is 61.9 Å². The third-order valence-electron chi connectivity index (χ3n) is 11.5. The second-order valence-electron chi connectivity index (χ2n) is 20.1. The van der Waals surface area contributed by atoms with E-state index in [9.17, 15) is 14.4 Å². The lowest BCUT2D eigenvalue weighted by atomic mass is 9.78. The molecule has 0 spiro atoms. The maximum Gasteiger partial charge on any atom is 0.495 e. The first-order valence-electron chi connectivity index (χ1n) is 24.1. The van der Waals surface area contributed by atoms with Crippen LogP contribution in [0.2, 0.25) is 0 Å². The average Bonchev–Trinajstić information content (AvgIpc) is 3.58. The molecule has 5 rings (SSSR count). The number of nitrogens with one attached hydrogen (secondary N) is 1. The van der Waals surface area contributed by atoms with Crippen molar-refractivity contribution in [1.29, 1.82) is 0 Å². The highest BCUT2D eigenvalue weighted by Crippen LogP contribution is 2.39. The van der Waals surface area contributed by atoms with Gasteiger partial charge in [0.1, 0.15) is 57.2 Å². The van der Waals surface area contributed by atoms with Crippen LogP contribution in [0.25, 0.3) is 0 Å². The van der Waals surface area contributed by atoms with E-state index in [0.29, 0.717) is 52.9 Å². The number of nitrogens with zero attached hydrogens (tertiary/aromatic N) is 2. The van der Waals surface area contributed by atoms with Crippen molar-refractivity contribution in [3.05, 3.63) is 84.2 Å². The number of ether oxygens (including phenoxy) is 10. The molecule has 1 aliphatic heterocycles. The van der Waals surface area contributed by atoms with E-state index in [4.69, 9.17) is 56.7 Å². The number of halogens is 3. The van der Waals surface area contributed by atoms with E-state index in [1.54, 1.807) is 68.9 Å². The fourth-order valence-corrected chi connectivity index (χ4v) is 8.24. The smallest absolute Gasteiger partial charge is 0.495 e. The van der Waals surface area contributed by atoms with Crippen molar-refractivity contribution in [2.75, 3.05) is 78.0 Å². The van der Waals surface area contributed by atoms with E-state index in [0.717, 1.165) is 53.6 Å². The van der Waals surface area contributed by atoms with Crippen molar-refractivity contribution < 1.29 is 71.1 Å². The van der Waals surface area contributed by atoms with Crippen LogP contribution in [0.3, 0.4) is 0 Å². The second kappa shape index (κ2) is 30.3. The number of aldehydes is 1. The first-order chi connectivity index (χ1) is 35.8. The van der Waals surface area contributed by atoms with Gasteiger partial charge < -0.3 is 71.8 Å². The summed E-state index contributed by atoms with van der Waals surface area (Å²) in [4.78, 5) is 38.1. The van der Waals surface area contributed by atoms with Crippen LogP contribution in [-0.4, -0.2) is 136 Å². The Morgan fingerprint density at radius 3 is 1.06 bits per heavy atom. The zero-order valence-corrected chi connectivity index (χ0v) is 53.3. The first-order valence-corrected chi connectivity index (χ1v) is 26.5. The van der Waals surface area contributed by atoms with Gasteiger partial charge in [-0.3, -0.25) is 4.79 Å². The minimum absolute atomic E-state index is 0.269. The summed E-state index contributed by atoms with van der Waals surface area (Å²) >= 11 is 10.1. The van der Waals surface area contributed by atoms with Gasteiger partial charge in [-0.1, -0.05) is 47.8 Å². The molecule has 0 saturated carbocycles. The van der Waals surface area contributed by atoms with Crippen molar-refractivity contribution in [2.45, 2.75) is 111 Å². The van der Waals surface area contributed by atoms with Crippen molar-refractivity contribution in [1.82, 2.24) is 15.1 Å². The third kappa shape index (κ3) is 20.2. The monoisotopic (exact) mass is 1270 g/mol. The fourth-order valence-electron chi connectivity index (χ4n) is 6.99. The Morgan fingerprint density at radius 2 is 0.805 bits per heavy atom. The predicted molar refractivity (Wildman–Crippen MR) is 311 cm³/mol. The molecule has 0 atom stereocenters. The maximum atomic E-state index is 12.4. The number of rotatable bonds is 16. The summed E-state index contributed by atoms with van der Waals surface area (Å²) in [6.45, 7) is 20.3. The molecule has 0 bridgehead atoms. The van der Waals surface area contributed by atoms with Crippen LogP contribution >= 0.6 is 47.8 Å². The Hall–Kier alpha value is -5.13. The van der Waals surface area contributed by atoms with Crippen molar-refractivity contribution in [3.8, 4) is 46.0 Å². The summed E-state index contributed by atoms with van der Waals surface area (Å²) in [7, 11) is 17.4. The number of carbonyl (C=O) groups is 3. The van der Waals surface area contributed by atoms with Gasteiger partial charge in [-0.05, 0) is 130 Å². The quantitative estimate of drug-likeness (QED) is 0.0826. The van der Waals surface area contributed by atoms with E-state index < -0.39 is 41.7 Å². The number of amides is 2. The van der Waals surface area contributed by atoms with Gasteiger partial charge in [-0.2, -0.15) is 0 Å². The summed E-state index contributed by atoms with van der Waals surface area (Å²) in [6.07, 6.45) is -0.101.